The summed E-state index contributed by atoms with van der Waals surface area (Å²) in [6, 6.07) is 0.787. The van der Waals surface area contributed by atoms with Crippen LogP contribution in [0.25, 0.3) is 0 Å². The van der Waals surface area contributed by atoms with Crippen LogP contribution < -0.4 is 5.32 Å². The fourth-order valence-corrected chi connectivity index (χ4v) is 2.94. The van der Waals surface area contributed by atoms with Crippen LogP contribution in [0.2, 0.25) is 0 Å². The molecule has 0 amide bonds. The van der Waals surface area contributed by atoms with Gasteiger partial charge < -0.3 is 5.32 Å². The van der Waals surface area contributed by atoms with E-state index in [0.29, 0.717) is 12.1 Å². The van der Waals surface area contributed by atoms with Crippen molar-refractivity contribution in [3.8, 4) is 0 Å². The normalized spacial score (nSPS) is 20.5. The van der Waals surface area contributed by atoms with Crippen molar-refractivity contribution in [1.82, 2.24) is 9.78 Å². The number of thioether (sulfide) groups is 1. The van der Waals surface area contributed by atoms with E-state index in [0.717, 1.165) is 23.0 Å². The molecular weight excluding hydrogens is 256 g/mol. The molecule has 0 bridgehead atoms. The zero-order valence-electron chi connectivity index (χ0n) is 12.5. The van der Waals surface area contributed by atoms with Crippen molar-refractivity contribution >= 4 is 22.6 Å². The molecule has 1 aliphatic rings. The van der Waals surface area contributed by atoms with Gasteiger partial charge in [0.25, 0.3) is 0 Å². The number of nitrogens with one attached hydrogen (secondary N) is 1. The number of amidine groups is 1. The van der Waals surface area contributed by atoms with Gasteiger partial charge in [-0.05, 0) is 25.7 Å². The highest BCUT2D eigenvalue weighted by Gasteiger charge is 2.27. The van der Waals surface area contributed by atoms with Crippen LogP contribution in [0.15, 0.2) is 17.4 Å². The number of anilines is 1. The lowest BCUT2D eigenvalue weighted by molar-refractivity contribution is 0.316. The predicted molar refractivity (Wildman–Crippen MR) is 84.0 cm³/mol. The Kier molecular flexibility index (Phi) is 4.23. The van der Waals surface area contributed by atoms with Crippen LogP contribution in [0.3, 0.4) is 0 Å². The van der Waals surface area contributed by atoms with Crippen LogP contribution in [-0.2, 0) is 0 Å². The number of hydrogen-bond donors (Lipinski definition) is 1. The van der Waals surface area contributed by atoms with Gasteiger partial charge in [-0.2, -0.15) is 5.10 Å². The molecule has 2 heterocycles. The fourth-order valence-electron chi connectivity index (χ4n) is 2.01. The van der Waals surface area contributed by atoms with E-state index < -0.39 is 0 Å². The molecule has 2 rings (SSSR count). The minimum Gasteiger partial charge on any atom is -0.332 e. The standard InChI is InChI=1S/C14H24N4S/c1-10(2)18-9-11(8-15-18)16-13-17-12(6-7-19-13)14(3,4)5/h8-10,12H,6-7H2,1-5H3,(H,16,17). The minimum atomic E-state index is 0.232. The number of nitrogens with zero attached hydrogens (tertiary/aromatic N) is 3. The largest absolute Gasteiger partial charge is 0.332 e. The highest BCUT2D eigenvalue weighted by molar-refractivity contribution is 8.14. The quantitative estimate of drug-likeness (QED) is 0.896. The summed E-state index contributed by atoms with van der Waals surface area (Å²) >= 11 is 1.80. The molecule has 0 radical (unpaired) electrons. The average Bonchev–Trinajstić information content (AvgIpc) is 2.77. The Morgan fingerprint density at radius 1 is 1.42 bits per heavy atom. The Morgan fingerprint density at radius 2 is 2.16 bits per heavy atom. The van der Waals surface area contributed by atoms with Crippen LogP contribution in [-0.4, -0.2) is 26.7 Å². The third-order valence-electron chi connectivity index (χ3n) is 3.28. The second-order valence-corrected chi connectivity index (χ2v) is 7.46. The van der Waals surface area contributed by atoms with Gasteiger partial charge >= 0.3 is 0 Å². The molecule has 1 aromatic heterocycles. The summed E-state index contributed by atoms with van der Waals surface area (Å²) in [4.78, 5) is 4.83. The van der Waals surface area contributed by atoms with Crippen molar-refractivity contribution in [3.63, 3.8) is 0 Å². The van der Waals surface area contributed by atoms with Gasteiger partial charge in [0, 0.05) is 18.0 Å². The highest BCUT2D eigenvalue weighted by atomic mass is 32.2. The topological polar surface area (TPSA) is 42.2 Å². The summed E-state index contributed by atoms with van der Waals surface area (Å²) in [7, 11) is 0. The molecule has 0 saturated carbocycles. The van der Waals surface area contributed by atoms with Crippen LogP contribution in [0.4, 0.5) is 5.69 Å². The zero-order valence-corrected chi connectivity index (χ0v) is 13.3. The van der Waals surface area contributed by atoms with E-state index in [4.69, 9.17) is 4.99 Å². The summed E-state index contributed by atoms with van der Waals surface area (Å²) in [5, 5.41) is 8.75. The Labute approximate surface area is 120 Å². The molecule has 1 N–H and O–H groups in total. The van der Waals surface area contributed by atoms with Crippen molar-refractivity contribution in [2.24, 2.45) is 10.4 Å². The van der Waals surface area contributed by atoms with Gasteiger partial charge in [0.05, 0.1) is 17.9 Å². The maximum Gasteiger partial charge on any atom is 0.161 e. The van der Waals surface area contributed by atoms with Gasteiger partial charge in [0.2, 0.25) is 0 Å². The Morgan fingerprint density at radius 3 is 2.74 bits per heavy atom. The van der Waals surface area contributed by atoms with E-state index >= 15 is 0 Å². The molecular formula is C14H24N4S. The van der Waals surface area contributed by atoms with Crippen molar-refractivity contribution in [3.05, 3.63) is 12.4 Å². The molecule has 0 aliphatic carbocycles. The molecule has 1 atom stereocenters. The lowest BCUT2D eigenvalue weighted by Crippen LogP contribution is -2.30. The second-order valence-electron chi connectivity index (χ2n) is 6.38. The summed E-state index contributed by atoms with van der Waals surface area (Å²) in [5.74, 6) is 1.13. The summed E-state index contributed by atoms with van der Waals surface area (Å²) in [6.07, 6.45) is 5.06. The van der Waals surface area contributed by atoms with Crippen LogP contribution in [0.1, 0.15) is 47.1 Å². The van der Waals surface area contributed by atoms with Crippen molar-refractivity contribution < 1.29 is 0 Å². The molecule has 0 aromatic carbocycles. The third kappa shape index (κ3) is 3.75. The van der Waals surface area contributed by atoms with Gasteiger partial charge in [-0.3, -0.25) is 9.67 Å². The first-order chi connectivity index (χ1) is 8.86. The zero-order chi connectivity index (χ0) is 14.0. The van der Waals surface area contributed by atoms with Gasteiger partial charge in [0.1, 0.15) is 0 Å². The SMILES string of the molecule is CC(C)n1cc(NC2=NC(C(C)(C)C)CCS2)cn1. The highest BCUT2D eigenvalue weighted by Crippen LogP contribution is 2.31. The maximum absolute atomic E-state index is 4.83. The molecule has 4 nitrogen and oxygen atoms in total. The van der Waals surface area contributed by atoms with Gasteiger partial charge in [-0.15, -0.1) is 0 Å². The van der Waals surface area contributed by atoms with Gasteiger partial charge in [-0.25, -0.2) is 0 Å². The Bertz CT molecular complexity index is 456. The molecule has 1 aromatic rings. The lowest BCUT2D eigenvalue weighted by Gasteiger charge is -2.30. The Hall–Kier alpha value is -0.970. The molecule has 1 aliphatic heterocycles. The predicted octanol–water partition coefficient (Wildman–Crippen LogP) is 3.78. The molecule has 0 spiro atoms. The molecule has 0 fully saturated rings. The van der Waals surface area contributed by atoms with Crippen LogP contribution in [0.5, 0.6) is 0 Å². The number of hydrogen-bond acceptors (Lipinski definition) is 4. The lowest BCUT2D eigenvalue weighted by atomic mass is 9.85. The maximum atomic E-state index is 4.83. The minimum absolute atomic E-state index is 0.232. The van der Waals surface area contributed by atoms with E-state index in [1.807, 2.05) is 17.1 Å². The first kappa shape index (κ1) is 14.4. The van der Waals surface area contributed by atoms with E-state index in [1.54, 1.807) is 11.8 Å². The van der Waals surface area contributed by atoms with E-state index in [-0.39, 0.29) is 5.41 Å². The van der Waals surface area contributed by atoms with Crippen molar-refractivity contribution in [2.45, 2.75) is 53.1 Å². The Balaban J connectivity index is 2.07. The van der Waals surface area contributed by atoms with Gasteiger partial charge in [-0.1, -0.05) is 32.5 Å². The smallest absolute Gasteiger partial charge is 0.161 e. The number of aromatic nitrogens is 2. The number of rotatable bonds is 2. The number of aliphatic imine (C=N–C) groups is 1. The first-order valence-corrected chi connectivity index (χ1v) is 7.86. The monoisotopic (exact) mass is 280 g/mol. The van der Waals surface area contributed by atoms with Crippen LogP contribution >= 0.6 is 11.8 Å². The molecule has 0 saturated heterocycles. The van der Waals surface area contributed by atoms with Crippen LogP contribution in [0, 0.1) is 5.41 Å². The summed E-state index contributed by atoms with van der Waals surface area (Å²) < 4.78 is 1.96. The third-order valence-corrected chi connectivity index (χ3v) is 4.21. The van der Waals surface area contributed by atoms with Crippen molar-refractivity contribution in [2.75, 3.05) is 11.1 Å². The summed E-state index contributed by atoms with van der Waals surface area (Å²) in [6.45, 7) is 11.0. The fraction of sp³-hybridized carbons (Fsp3) is 0.714. The molecule has 106 valence electrons. The molecule has 5 heteroatoms. The van der Waals surface area contributed by atoms with E-state index in [9.17, 15) is 0 Å². The first-order valence-electron chi connectivity index (χ1n) is 6.88. The summed E-state index contributed by atoms with van der Waals surface area (Å²) in [5.41, 5.74) is 1.25. The van der Waals surface area contributed by atoms with E-state index in [2.05, 4.69) is 45.0 Å². The van der Waals surface area contributed by atoms with E-state index in [1.165, 1.54) is 0 Å². The molecule has 1 unspecified atom stereocenters. The second kappa shape index (κ2) is 5.57. The average molecular weight is 280 g/mol. The molecule has 19 heavy (non-hydrogen) atoms. The van der Waals surface area contributed by atoms with Gasteiger partial charge in [0.15, 0.2) is 5.17 Å². The van der Waals surface area contributed by atoms with Crippen molar-refractivity contribution in [1.29, 1.82) is 0 Å².